The van der Waals surface area contributed by atoms with Crippen LogP contribution in [0.5, 0.6) is 0 Å². The number of furan rings is 1. The van der Waals surface area contributed by atoms with Crippen molar-refractivity contribution in [1.29, 1.82) is 0 Å². The number of nitrogens with one attached hydrogen (secondary N) is 1. The SMILES string of the molecule is C=Cc1oc2c(c1C=C)CCNC2. The minimum Gasteiger partial charge on any atom is -0.459 e. The van der Waals surface area contributed by atoms with Gasteiger partial charge in [-0.3, -0.25) is 0 Å². The molecule has 0 bridgehead atoms. The van der Waals surface area contributed by atoms with Gasteiger partial charge in [0, 0.05) is 11.1 Å². The Balaban J connectivity index is 2.56. The van der Waals surface area contributed by atoms with Crippen molar-refractivity contribution in [3.05, 3.63) is 35.8 Å². The summed E-state index contributed by atoms with van der Waals surface area (Å²) in [5.74, 6) is 1.89. The molecule has 0 aromatic carbocycles. The van der Waals surface area contributed by atoms with Crippen LogP contribution in [0, 0.1) is 0 Å². The molecule has 0 atom stereocenters. The van der Waals surface area contributed by atoms with E-state index in [1.807, 2.05) is 6.08 Å². The summed E-state index contributed by atoms with van der Waals surface area (Å²) in [4.78, 5) is 0. The molecule has 0 fully saturated rings. The third-order valence-electron chi connectivity index (χ3n) is 2.39. The van der Waals surface area contributed by atoms with Gasteiger partial charge in [-0.2, -0.15) is 0 Å². The van der Waals surface area contributed by atoms with Crippen molar-refractivity contribution in [3.63, 3.8) is 0 Å². The molecular weight excluding hydrogens is 162 g/mol. The van der Waals surface area contributed by atoms with E-state index >= 15 is 0 Å². The van der Waals surface area contributed by atoms with Crippen LogP contribution >= 0.6 is 0 Å². The second kappa shape index (κ2) is 3.23. The first kappa shape index (κ1) is 8.32. The molecule has 0 radical (unpaired) electrons. The van der Waals surface area contributed by atoms with E-state index in [1.165, 1.54) is 5.56 Å². The van der Waals surface area contributed by atoms with Gasteiger partial charge in [-0.05, 0) is 19.0 Å². The highest BCUT2D eigenvalue weighted by atomic mass is 16.3. The van der Waals surface area contributed by atoms with Gasteiger partial charge in [0.1, 0.15) is 11.5 Å². The number of hydrogen-bond donors (Lipinski definition) is 1. The van der Waals surface area contributed by atoms with Gasteiger partial charge < -0.3 is 9.73 Å². The van der Waals surface area contributed by atoms with Gasteiger partial charge in [0.15, 0.2) is 0 Å². The summed E-state index contributed by atoms with van der Waals surface area (Å²) in [5, 5.41) is 3.27. The first-order chi connectivity index (χ1) is 6.36. The van der Waals surface area contributed by atoms with E-state index in [1.54, 1.807) is 6.08 Å². The topological polar surface area (TPSA) is 25.2 Å². The molecule has 1 aliphatic rings. The molecule has 0 saturated heterocycles. The average molecular weight is 175 g/mol. The molecule has 0 spiro atoms. The van der Waals surface area contributed by atoms with Gasteiger partial charge in [0.2, 0.25) is 0 Å². The number of rotatable bonds is 2. The second-order valence-corrected chi connectivity index (χ2v) is 3.12. The van der Waals surface area contributed by atoms with E-state index in [2.05, 4.69) is 18.5 Å². The maximum absolute atomic E-state index is 5.63. The highest BCUT2D eigenvalue weighted by Crippen LogP contribution is 2.27. The van der Waals surface area contributed by atoms with Gasteiger partial charge in [-0.15, -0.1) is 0 Å². The van der Waals surface area contributed by atoms with Crippen LogP contribution in [0.4, 0.5) is 0 Å². The number of fused-ring (bicyclic) bond motifs is 1. The molecular formula is C11H13NO. The van der Waals surface area contributed by atoms with Crippen LogP contribution in [0.1, 0.15) is 22.6 Å². The minimum absolute atomic E-state index is 0.823. The summed E-state index contributed by atoms with van der Waals surface area (Å²) in [6, 6.07) is 0. The van der Waals surface area contributed by atoms with Gasteiger partial charge in [-0.25, -0.2) is 0 Å². The zero-order valence-electron chi connectivity index (χ0n) is 7.60. The quantitative estimate of drug-likeness (QED) is 0.745. The van der Waals surface area contributed by atoms with E-state index < -0.39 is 0 Å². The molecule has 1 aliphatic heterocycles. The van der Waals surface area contributed by atoms with Crippen LogP contribution in [0.15, 0.2) is 17.6 Å². The van der Waals surface area contributed by atoms with Crippen molar-refractivity contribution in [2.45, 2.75) is 13.0 Å². The summed E-state index contributed by atoms with van der Waals surface area (Å²) in [5.41, 5.74) is 2.41. The van der Waals surface area contributed by atoms with Crippen molar-refractivity contribution >= 4 is 12.2 Å². The van der Waals surface area contributed by atoms with Gasteiger partial charge in [0.05, 0.1) is 6.54 Å². The van der Waals surface area contributed by atoms with Crippen molar-refractivity contribution < 1.29 is 4.42 Å². The Morgan fingerprint density at radius 1 is 1.31 bits per heavy atom. The van der Waals surface area contributed by atoms with Crippen LogP contribution in [0.3, 0.4) is 0 Å². The van der Waals surface area contributed by atoms with E-state index in [0.29, 0.717) is 0 Å². The molecule has 13 heavy (non-hydrogen) atoms. The first-order valence-corrected chi connectivity index (χ1v) is 4.47. The lowest BCUT2D eigenvalue weighted by Gasteiger charge is -2.11. The maximum Gasteiger partial charge on any atom is 0.134 e. The standard InChI is InChI=1S/C11H13NO/c1-3-8-9-5-6-12-7-11(9)13-10(8)4-2/h3-4,12H,1-2,5-7H2. The molecule has 0 unspecified atom stereocenters. The fourth-order valence-corrected chi connectivity index (χ4v) is 1.76. The molecule has 2 heteroatoms. The lowest BCUT2D eigenvalue weighted by molar-refractivity contribution is 0.458. The van der Waals surface area contributed by atoms with Crippen LogP contribution in [-0.4, -0.2) is 6.54 Å². The summed E-state index contributed by atoms with van der Waals surface area (Å²) < 4.78 is 5.63. The molecule has 2 rings (SSSR count). The molecule has 1 aromatic rings. The molecule has 68 valence electrons. The third kappa shape index (κ3) is 1.23. The van der Waals surface area contributed by atoms with Crippen molar-refractivity contribution in [2.75, 3.05) is 6.54 Å². The van der Waals surface area contributed by atoms with Gasteiger partial charge in [-0.1, -0.05) is 19.2 Å². The Morgan fingerprint density at radius 2 is 2.15 bits per heavy atom. The highest BCUT2D eigenvalue weighted by molar-refractivity contribution is 5.64. The fraction of sp³-hybridized carbons (Fsp3) is 0.273. The lowest BCUT2D eigenvalue weighted by atomic mass is 10.0. The normalized spacial score (nSPS) is 15.1. The monoisotopic (exact) mass is 175 g/mol. The van der Waals surface area contributed by atoms with E-state index in [-0.39, 0.29) is 0 Å². The first-order valence-electron chi connectivity index (χ1n) is 4.47. The van der Waals surface area contributed by atoms with Crippen LogP contribution in [0.2, 0.25) is 0 Å². The van der Waals surface area contributed by atoms with Crippen molar-refractivity contribution in [1.82, 2.24) is 5.32 Å². The maximum atomic E-state index is 5.63. The largest absolute Gasteiger partial charge is 0.459 e. The van der Waals surface area contributed by atoms with Crippen molar-refractivity contribution in [2.24, 2.45) is 0 Å². The summed E-state index contributed by atoms with van der Waals surface area (Å²) >= 11 is 0. The zero-order chi connectivity index (χ0) is 9.26. The van der Waals surface area contributed by atoms with E-state index in [0.717, 1.165) is 36.6 Å². The molecule has 2 nitrogen and oxygen atoms in total. The predicted molar refractivity (Wildman–Crippen MR) is 54.3 cm³/mol. The average Bonchev–Trinajstić information content (AvgIpc) is 2.55. The van der Waals surface area contributed by atoms with Crippen LogP contribution in [-0.2, 0) is 13.0 Å². The second-order valence-electron chi connectivity index (χ2n) is 3.12. The Morgan fingerprint density at radius 3 is 2.85 bits per heavy atom. The zero-order valence-corrected chi connectivity index (χ0v) is 7.60. The Labute approximate surface area is 77.9 Å². The highest BCUT2D eigenvalue weighted by Gasteiger charge is 2.18. The summed E-state index contributed by atoms with van der Waals surface area (Å²) in [7, 11) is 0. The fourth-order valence-electron chi connectivity index (χ4n) is 1.76. The van der Waals surface area contributed by atoms with Gasteiger partial charge in [0.25, 0.3) is 0 Å². The molecule has 2 heterocycles. The molecule has 1 aromatic heterocycles. The smallest absolute Gasteiger partial charge is 0.134 e. The minimum atomic E-state index is 0.823. The molecule has 1 N–H and O–H groups in total. The van der Waals surface area contributed by atoms with E-state index in [9.17, 15) is 0 Å². The summed E-state index contributed by atoms with van der Waals surface area (Å²) in [6.45, 7) is 9.35. The Kier molecular flexibility index (Phi) is 2.07. The van der Waals surface area contributed by atoms with Gasteiger partial charge >= 0.3 is 0 Å². The van der Waals surface area contributed by atoms with E-state index in [4.69, 9.17) is 4.42 Å². The summed E-state index contributed by atoms with van der Waals surface area (Å²) in [6.07, 6.45) is 4.62. The van der Waals surface area contributed by atoms with Crippen molar-refractivity contribution in [3.8, 4) is 0 Å². The Hall–Kier alpha value is -1.28. The molecule has 0 saturated carbocycles. The van der Waals surface area contributed by atoms with Crippen LogP contribution in [0.25, 0.3) is 12.2 Å². The Bertz CT molecular complexity index is 349. The number of hydrogen-bond acceptors (Lipinski definition) is 2. The molecule has 0 aliphatic carbocycles. The van der Waals surface area contributed by atoms with Crippen LogP contribution < -0.4 is 5.32 Å². The predicted octanol–water partition coefficient (Wildman–Crippen LogP) is 2.21. The molecule has 0 amide bonds. The third-order valence-corrected chi connectivity index (χ3v) is 2.39. The lowest BCUT2D eigenvalue weighted by Crippen LogP contribution is -2.22.